The first-order valence-electron chi connectivity index (χ1n) is 10.7. The van der Waals surface area contributed by atoms with Crippen molar-refractivity contribution in [1.29, 1.82) is 0 Å². The van der Waals surface area contributed by atoms with Crippen LogP contribution < -0.4 is 5.32 Å². The summed E-state index contributed by atoms with van der Waals surface area (Å²) < 4.78 is 5.49. The third kappa shape index (κ3) is 4.65. The summed E-state index contributed by atoms with van der Waals surface area (Å²) in [5.74, 6) is -0.00607. The first-order valence-corrected chi connectivity index (χ1v) is 11.0. The number of fused-ring (bicyclic) bond motifs is 3. The number of benzene rings is 3. The van der Waals surface area contributed by atoms with Crippen molar-refractivity contribution in [3.05, 3.63) is 94.0 Å². The molecule has 2 atom stereocenters. The molecule has 1 aliphatic rings. The average molecular weight is 452 g/mol. The van der Waals surface area contributed by atoms with E-state index in [4.69, 9.17) is 16.3 Å². The van der Waals surface area contributed by atoms with Crippen molar-refractivity contribution in [2.45, 2.75) is 31.5 Å². The van der Waals surface area contributed by atoms with Crippen molar-refractivity contribution in [3.8, 4) is 11.1 Å². The average Bonchev–Trinajstić information content (AvgIpc) is 3.11. The first kappa shape index (κ1) is 22.3. The summed E-state index contributed by atoms with van der Waals surface area (Å²) in [5.41, 5.74) is 6.06. The van der Waals surface area contributed by atoms with Crippen molar-refractivity contribution in [2.24, 2.45) is 0 Å². The van der Waals surface area contributed by atoms with E-state index in [2.05, 4.69) is 29.6 Å². The van der Waals surface area contributed by atoms with Crippen molar-refractivity contribution < 1.29 is 19.7 Å². The smallest absolute Gasteiger partial charge is 0.407 e. The predicted octanol–water partition coefficient (Wildman–Crippen LogP) is 4.97. The summed E-state index contributed by atoms with van der Waals surface area (Å²) in [6, 6.07) is 21.4. The van der Waals surface area contributed by atoms with Crippen LogP contribution in [0.2, 0.25) is 5.02 Å². The Morgan fingerprint density at radius 3 is 2.28 bits per heavy atom. The van der Waals surface area contributed by atoms with Crippen LogP contribution in [0.5, 0.6) is 0 Å². The molecular weight excluding hydrogens is 426 g/mol. The van der Waals surface area contributed by atoms with Crippen LogP contribution in [0.3, 0.4) is 0 Å². The Bertz CT molecular complexity index is 1070. The summed E-state index contributed by atoms with van der Waals surface area (Å²) in [5, 5.41) is 24.0. The lowest BCUT2D eigenvalue weighted by Gasteiger charge is -2.20. The molecule has 0 radical (unpaired) electrons. The molecule has 0 bridgehead atoms. The zero-order valence-corrected chi connectivity index (χ0v) is 18.5. The number of hydrogen-bond donors (Lipinski definition) is 3. The van der Waals surface area contributed by atoms with E-state index < -0.39 is 18.3 Å². The number of carbonyl (C=O) groups excluding carboxylic acids is 1. The number of aliphatic hydroxyl groups excluding tert-OH is 2. The summed E-state index contributed by atoms with van der Waals surface area (Å²) in [4.78, 5) is 12.2. The number of alkyl carbamates (subject to hydrolysis) is 1. The van der Waals surface area contributed by atoms with Crippen LogP contribution in [0.25, 0.3) is 11.1 Å². The molecule has 0 fully saturated rings. The molecule has 0 saturated heterocycles. The molecule has 5 nitrogen and oxygen atoms in total. The number of nitrogens with one attached hydrogen (secondary N) is 1. The van der Waals surface area contributed by atoms with Crippen molar-refractivity contribution in [1.82, 2.24) is 5.32 Å². The number of hydrogen-bond acceptors (Lipinski definition) is 4. The van der Waals surface area contributed by atoms with E-state index >= 15 is 0 Å². The van der Waals surface area contributed by atoms with Crippen molar-refractivity contribution >= 4 is 17.7 Å². The van der Waals surface area contributed by atoms with Crippen LogP contribution >= 0.6 is 11.6 Å². The highest BCUT2D eigenvalue weighted by atomic mass is 35.5. The van der Waals surface area contributed by atoms with E-state index in [1.54, 1.807) is 18.2 Å². The molecule has 0 aromatic heterocycles. The minimum atomic E-state index is -1.06. The second kappa shape index (κ2) is 9.74. The Labute approximate surface area is 192 Å². The summed E-state index contributed by atoms with van der Waals surface area (Å²) in [6.07, 6.45) is -2.44. The molecule has 1 aliphatic carbocycles. The number of amides is 1. The predicted molar refractivity (Wildman–Crippen MR) is 125 cm³/mol. The lowest BCUT2D eigenvalue weighted by Crippen LogP contribution is -2.30. The van der Waals surface area contributed by atoms with Gasteiger partial charge in [-0.2, -0.15) is 0 Å². The van der Waals surface area contributed by atoms with E-state index in [0.29, 0.717) is 10.6 Å². The number of ether oxygens (including phenoxy) is 1. The van der Waals surface area contributed by atoms with Crippen LogP contribution in [0, 0.1) is 6.92 Å². The molecule has 0 saturated carbocycles. The van der Waals surface area contributed by atoms with Gasteiger partial charge in [-0.3, -0.25) is 0 Å². The number of aryl methyl sites for hydroxylation is 1. The standard InChI is InChI=1S/C26H26ClNO4/c1-16-14-17(27)10-11-18(16)25(30)24(29)12-13-28-26(31)32-15-23-21-8-4-2-6-19(21)20-7-3-5-9-22(20)23/h2-11,14,23-25,29-30H,12-13,15H2,1H3,(H,28,31). The molecule has 3 aromatic rings. The minimum Gasteiger partial charge on any atom is -0.449 e. The van der Waals surface area contributed by atoms with Gasteiger partial charge in [0.15, 0.2) is 0 Å². The summed E-state index contributed by atoms with van der Waals surface area (Å²) >= 11 is 5.95. The quantitative estimate of drug-likeness (QED) is 0.473. The van der Waals surface area contributed by atoms with E-state index in [-0.39, 0.29) is 25.5 Å². The Morgan fingerprint density at radius 2 is 1.66 bits per heavy atom. The van der Waals surface area contributed by atoms with Crippen molar-refractivity contribution in [3.63, 3.8) is 0 Å². The minimum absolute atomic E-state index is 0.00607. The van der Waals surface area contributed by atoms with Gasteiger partial charge >= 0.3 is 6.09 Å². The zero-order valence-electron chi connectivity index (χ0n) is 17.8. The Kier molecular flexibility index (Phi) is 6.80. The van der Waals surface area contributed by atoms with Gasteiger partial charge < -0.3 is 20.3 Å². The van der Waals surface area contributed by atoms with Gasteiger partial charge in [-0.15, -0.1) is 0 Å². The van der Waals surface area contributed by atoms with E-state index in [1.165, 1.54) is 11.1 Å². The maximum absolute atomic E-state index is 12.2. The maximum atomic E-state index is 12.2. The second-order valence-electron chi connectivity index (χ2n) is 8.05. The molecule has 166 valence electrons. The third-order valence-corrected chi connectivity index (χ3v) is 6.20. The van der Waals surface area contributed by atoms with Gasteiger partial charge in [0.1, 0.15) is 12.7 Å². The van der Waals surface area contributed by atoms with Gasteiger partial charge in [-0.25, -0.2) is 4.79 Å². The third-order valence-electron chi connectivity index (χ3n) is 5.97. The fourth-order valence-electron chi connectivity index (χ4n) is 4.31. The molecule has 0 heterocycles. The van der Waals surface area contributed by atoms with Gasteiger partial charge in [0.05, 0.1) is 6.10 Å². The van der Waals surface area contributed by atoms with E-state index in [9.17, 15) is 15.0 Å². The SMILES string of the molecule is Cc1cc(Cl)ccc1C(O)C(O)CCNC(=O)OCC1c2ccccc2-c2ccccc21. The fraction of sp³-hybridized carbons (Fsp3) is 0.269. The van der Waals surface area contributed by atoms with Gasteiger partial charge in [0.2, 0.25) is 0 Å². The van der Waals surface area contributed by atoms with Gasteiger partial charge in [0, 0.05) is 17.5 Å². The molecule has 0 spiro atoms. The summed E-state index contributed by atoms with van der Waals surface area (Å²) in [7, 11) is 0. The monoisotopic (exact) mass is 451 g/mol. The van der Waals surface area contributed by atoms with Gasteiger partial charge in [-0.1, -0.05) is 66.2 Å². The largest absolute Gasteiger partial charge is 0.449 e. The molecule has 6 heteroatoms. The second-order valence-corrected chi connectivity index (χ2v) is 8.49. The molecule has 4 rings (SSSR count). The number of rotatable bonds is 7. The Morgan fingerprint density at radius 1 is 1.03 bits per heavy atom. The van der Waals surface area contributed by atoms with Crippen LogP contribution in [-0.2, 0) is 4.74 Å². The molecule has 3 N–H and O–H groups in total. The van der Waals surface area contributed by atoms with Crippen LogP contribution in [0.4, 0.5) is 4.79 Å². The Balaban J connectivity index is 1.29. The van der Waals surface area contributed by atoms with E-state index in [0.717, 1.165) is 16.7 Å². The lowest BCUT2D eigenvalue weighted by molar-refractivity contribution is 0.0133. The zero-order chi connectivity index (χ0) is 22.7. The molecule has 2 unspecified atom stereocenters. The first-order chi connectivity index (χ1) is 15.5. The van der Waals surface area contributed by atoms with Gasteiger partial charge in [0.25, 0.3) is 0 Å². The molecule has 3 aromatic carbocycles. The topological polar surface area (TPSA) is 78.8 Å². The number of halogens is 1. The normalized spacial score (nSPS) is 14.4. The number of aliphatic hydroxyl groups is 2. The van der Waals surface area contributed by atoms with Crippen LogP contribution in [0.1, 0.15) is 40.7 Å². The molecule has 32 heavy (non-hydrogen) atoms. The number of carbonyl (C=O) groups is 1. The highest BCUT2D eigenvalue weighted by Crippen LogP contribution is 2.44. The fourth-order valence-corrected chi connectivity index (χ4v) is 4.53. The highest BCUT2D eigenvalue weighted by Gasteiger charge is 2.29. The molecule has 1 amide bonds. The van der Waals surface area contributed by atoms with Gasteiger partial charge in [-0.05, 0) is 58.9 Å². The maximum Gasteiger partial charge on any atom is 0.407 e. The molecular formula is C26H26ClNO4. The molecule has 0 aliphatic heterocycles. The summed E-state index contributed by atoms with van der Waals surface area (Å²) in [6.45, 7) is 2.24. The lowest BCUT2D eigenvalue weighted by atomic mass is 9.98. The highest BCUT2D eigenvalue weighted by molar-refractivity contribution is 6.30. The van der Waals surface area contributed by atoms with Crippen molar-refractivity contribution in [2.75, 3.05) is 13.2 Å². The van der Waals surface area contributed by atoms with E-state index in [1.807, 2.05) is 31.2 Å². The Hall–Kier alpha value is -2.86. The van der Waals surface area contributed by atoms with Crippen LogP contribution in [-0.4, -0.2) is 35.6 Å². The van der Waals surface area contributed by atoms with Crippen LogP contribution in [0.15, 0.2) is 66.7 Å².